The van der Waals surface area contributed by atoms with Gasteiger partial charge in [0.2, 0.25) is 0 Å². The van der Waals surface area contributed by atoms with Crippen molar-refractivity contribution >= 4 is 11.3 Å². The summed E-state index contributed by atoms with van der Waals surface area (Å²) >= 11 is 1.76. The Morgan fingerprint density at radius 2 is 1.91 bits per heavy atom. The van der Waals surface area contributed by atoms with Gasteiger partial charge in [0.05, 0.1) is 6.04 Å². The van der Waals surface area contributed by atoms with E-state index in [0.29, 0.717) is 19.2 Å². The maximum absolute atomic E-state index is 9.99. The van der Waals surface area contributed by atoms with Gasteiger partial charge in [0.1, 0.15) is 18.5 Å². The summed E-state index contributed by atoms with van der Waals surface area (Å²) in [7, 11) is 4.14. The van der Waals surface area contributed by atoms with E-state index in [9.17, 15) is 5.11 Å². The Morgan fingerprint density at radius 3 is 2.55 bits per heavy atom. The fourth-order valence-electron chi connectivity index (χ4n) is 2.17. The molecule has 22 heavy (non-hydrogen) atoms. The number of hydrogen-bond acceptors (Lipinski definition) is 5. The van der Waals surface area contributed by atoms with E-state index in [1.54, 1.807) is 11.3 Å². The summed E-state index contributed by atoms with van der Waals surface area (Å²) < 4.78 is 5.55. The van der Waals surface area contributed by atoms with Gasteiger partial charge in [-0.15, -0.1) is 11.3 Å². The second-order valence-corrected chi connectivity index (χ2v) is 6.41. The Morgan fingerprint density at radius 1 is 1.14 bits per heavy atom. The molecule has 0 aliphatic heterocycles. The molecule has 2 N–H and O–H groups in total. The molecule has 0 aliphatic carbocycles. The van der Waals surface area contributed by atoms with E-state index < -0.39 is 6.10 Å². The van der Waals surface area contributed by atoms with Crippen LogP contribution in [0, 0.1) is 0 Å². The van der Waals surface area contributed by atoms with Gasteiger partial charge in [0.15, 0.2) is 0 Å². The van der Waals surface area contributed by atoms with Crippen LogP contribution in [0.1, 0.15) is 10.9 Å². The Labute approximate surface area is 136 Å². The molecule has 1 aromatic carbocycles. The van der Waals surface area contributed by atoms with Crippen molar-refractivity contribution in [1.29, 1.82) is 0 Å². The summed E-state index contributed by atoms with van der Waals surface area (Å²) in [6.07, 6.45) is -0.522. The number of aliphatic hydroxyl groups excluding tert-OH is 1. The van der Waals surface area contributed by atoms with Crippen LogP contribution in [-0.4, -0.2) is 49.9 Å². The molecule has 0 bridgehead atoms. The summed E-state index contributed by atoms with van der Waals surface area (Å²) in [4.78, 5) is 3.51. The molecule has 0 amide bonds. The van der Waals surface area contributed by atoms with Crippen LogP contribution in [-0.2, 0) is 0 Å². The molecule has 0 unspecified atom stereocenters. The Balaban J connectivity index is 1.70. The number of para-hydroxylation sites is 1. The molecule has 5 heteroatoms. The maximum Gasteiger partial charge on any atom is 0.119 e. The SMILES string of the molecule is CN(C)[C@@H](CNC[C@H](O)COc1ccccc1)c1cccs1. The molecular weight excluding hydrogens is 296 g/mol. The van der Waals surface area contributed by atoms with Crippen LogP contribution < -0.4 is 10.1 Å². The van der Waals surface area contributed by atoms with Crippen LogP contribution in [0.25, 0.3) is 0 Å². The number of hydrogen-bond donors (Lipinski definition) is 2. The predicted octanol–water partition coefficient (Wildman–Crippen LogP) is 2.38. The van der Waals surface area contributed by atoms with Crippen molar-refractivity contribution in [3.8, 4) is 5.75 Å². The monoisotopic (exact) mass is 320 g/mol. The maximum atomic E-state index is 9.99. The van der Waals surface area contributed by atoms with Crippen LogP contribution in [0.5, 0.6) is 5.75 Å². The zero-order chi connectivity index (χ0) is 15.8. The standard InChI is InChI=1S/C17H24N2O2S/c1-19(2)16(17-9-6-10-22-17)12-18-11-14(20)13-21-15-7-4-3-5-8-15/h3-10,14,16,18,20H,11-13H2,1-2H3/t14-,16-/m0/s1. The molecule has 1 heterocycles. The minimum atomic E-state index is -0.522. The summed E-state index contributed by atoms with van der Waals surface area (Å²) in [6, 6.07) is 14.1. The zero-order valence-electron chi connectivity index (χ0n) is 13.1. The van der Waals surface area contributed by atoms with Crippen molar-refractivity contribution in [2.24, 2.45) is 0 Å². The second kappa shape index (κ2) is 8.90. The summed E-state index contributed by atoms with van der Waals surface area (Å²) in [5.41, 5.74) is 0. The lowest BCUT2D eigenvalue weighted by Gasteiger charge is -2.24. The lowest BCUT2D eigenvalue weighted by Crippen LogP contribution is -2.36. The van der Waals surface area contributed by atoms with E-state index in [-0.39, 0.29) is 0 Å². The van der Waals surface area contributed by atoms with Crippen LogP contribution in [0.15, 0.2) is 47.8 Å². The first-order chi connectivity index (χ1) is 10.7. The molecule has 2 atom stereocenters. The first kappa shape index (κ1) is 17.0. The van der Waals surface area contributed by atoms with E-state index in [2.05, 4.69) is 41.8 Å². The Kier molecular flexibility index (Phi) is 6.86. The average molecular weight is 320 g/mol. The minimum Gasteiger partial charge on any atom is -0.491 e. The van der Waals surface area contributed by atoms with Crippen molar-refractivity contribution in [3.63, 3.8) is 0 Å². The van der Waals surface area contributed by atoms with Gasteiger partial charge in [-0.1, -0.05) is 24.3 Å². The number of nitrogens with zero attached hydrogens (tertiary/aromatic N) is 1. The lowest BCUT2D eigenvalue weighted by molar-refractivity contribution is 0.104. The molecule has 4 nitrogen and oxygen atoms in total. The van der Waals surface area contributed by atoms with Crippen LogP contribution in [0.2, 0.25) is 0 Å². The fraction of sp³-hybridized carbons (Fsp3) is 0.412. The lowest BCUT2D eigenvalue weighted by atomic mass is 10.2. The Hall–Kier alpha value is -1.40. The van der Waals surface area contributed by atoms with E-state index in [0.717, 1.165) is 12.3 Å². The normalized spacial score (nSPS) is 14.0. The predicted molar refractivity (Wildman–Crippen MR) is 91.6 cm³/mol. The molecule has 0 saturated heterocycles. The smallest absolute Gasteiger partial charge is 0.119 e. The highest BCUT2D eigenvalue weighted by molar-refractivity contribution is 7.10. The molecule has 0 aliphatic rings. The first-order valence-corrected chi connectivity index (χ1v) is 8.31. The molecule has 0 fully saturated rings. The number of nitrogens with one attached hydrogen (secondary N) is 1. The van der Waals surface area contributed by atoms with Crippen molar-refractivity contribution in [2.45, 2.75) is 12.1 Å². The van der Waals surface area contributed by atoms with E-state index in [4.69, 9.17) is 4.74 Å². The third-order valence-corrected chi connectivity index (χ3v) is 4.37. The largest absolute Gasteiger partial charge is 0.491 e. The number of benzene rings is 1. The van der Waals surface area contributed by atoms with Gasteiger partial charge in [-0.3, -0.25) is 0 Å². The van der Waals surface area contributed by atoms with Gasteiger partial charge in [-0.2, -0.15) is 0 Å². The molecule has 120 valence electrons. The number of likely N-dealkylation sites (N-methyl/N-ethyl adjacent to an activating group) is 1. The van der Waals surface area contributed by atoms with Gasteiger partial charge in [-0.05, 0) is 37.7 Å². The highest BCUT2D eigenvalue weighted by Gasteiger charge is 2.15. The second-order valence-electron chi connectivity index (χ2n) is 5.43. The van der Waals surface area contributed by atoms with Crippen LogP contribution in [0.4, 0.5) is 0 Å². The van der Waals surface area contributed by atoms with Gasteiger partial charge >= 0.3 is 0 Å². The molecule has 2 aromatic rings. The van der Waals surface area contributed by atoms with E-state index in [1.807, 2.05) is 30.3 Å². The van der Waals surface area contributed by atoms with E-state index in [1.165, 1.54) is 4.88 Å². The number of aliphatic hydroxyl groups is 1. The third kappa shape index (κ3) is 5.42. The highest BCUT2D eigenvalue weighted by Crippen LogP contribution is 2.22. The molecule has 0 radical (unpaired) electrons. The topological polar surface area (TPSA) is 44.7 Å². The summed E-state index contributed by atoms with van der Waals surface area (Å²) in [5.74, 6) is 0.784. The van der Waals surface area contributed by atoms with Gasteiger partial charge in [0, 0.05) is 18.0 Å². The van der Waals surface area contributed by atoms with Gasteiger partial charge < -0.3 is 20.1 Å². The zero-order valence-corrected chi connectivity index (χ0v) is 13.9. The summed E-state index contributed by atoms with van der Waals surface area (Å²) in [5, 5.41) is 15.4. The molecular formula is C17H24N2O2S. The third-order valence-electron chi connectivity index (χ3n) is 3.40. The Bertz CT molecular complexity index is 517. The van der Waals surface area contributed by atoms with E-state index >= 15 is 0 Å². The van der Waals surface area contributed by atoms with Crippen LogP contribution in [0.3, 0.4) is 0 Å². The van der Waals surface area contributed by atoms with Crippen molar-refractivity contribution in [2.75, 3.05) is 33.8 Å². The number of rotatable bonds is 9. The fourth-order valence-corrected chi connectivity index (χ4v) is 3.10. The molecule has 1 aromatic heterocycles. The highest BCUT2D eigenvalue weighted by atomic mass is 32.1. The van der Waals surface area contributed by atoms with Crippen molar-refractivity contribution < 1.29 is 9.84 Å². The van der Waals surface area contributed by atoms with Gasteiger partial charge in [0.25, 0.3) is 0 Å². The van der Waals surface area contributed by atoms with Gasteiger partial charge in [-0.25, -0.2) is 0 Å². The molecule has 0 saturated carbocycles. The molecule has 2 rings (SSSR count). The van der Waals surface area contributed by atoms with Crippen LogP contribution >= 0.6 is 11.3 Å². The van der Waals surface area contributed by atoms with Crippen molar-refractivity contribution in [3.05, 3.63) is 52.7 Å². The average Bonchev–Trinajstić information content (AvgIpc) is 3.04. The van der Waals surface area contributed by atoms with Crippen molar-refractivity contribution in [1.82, 2.24) is 10.2 Å². The quantitative estimate of drug-likeness (QED) is 0.745. The number of ether oxygens (including phenoxy) is 1. The summed E-state index contributed by atoms with van der Waals surface area (Å²) in [6.45, 7) is 1.61. The first-order valence-electron chi connectivity index (χ1n) is 7.43. The molecule has 0 spiro atoms. The minimum absolute atomic E-state index is 0.294. The number of thiophene rings is 1.